The van der Waals surface area contributed by atoms with E-state index in [-0.39, 0.29) is 25.4 Å². The minimum atomic E-state index is -0.855. The Bertz CT molecular complexity index is 1340. The number of benzene rings is 3. The Hall–Kier alpha value is -3.91. The molecule has 1 N–H and O–H groups in total. The van der Waals surface area contributed by atoms with Crippen LogP contribution < -0.4 is 18.9 Å². The minimum absolute atomic E-state index is 0. The van der Waals surface area contributed by atoms with Crippen LogP contribution in [0.1, 0.15) is 30.3 Å². The summed E-state index contributed by atoms with van der Waals surface area (Å²) in [5, 5.41) is 9.13. The Morgan fingerprint density at radius 3 is 2.35 bits per heavy atom. The molecule has 4 rings (SSSR count). The van der Waals surface area contributed by atoms with Gasteiger partial charge in [-0.3, -0.25) is 4.79 Å². The first-order chi connectivity index (χ1) is 17.5. The fourth-order valence-corrected chi connectivity index (χ4v) is 3.84. The van der Waals surface area contributed by atoms with Gasteiger partial charge in [-0.1, -0.05) is 18.2 Å². The number of nitrogens with zero attached hydrogens (tertiary/aromatic N) is 2. The molecule has 3 aromatic carbocycles. The van der Waals surface area contributed by atoms with Crippen molar-refractivity contribution in [2.75, 3.05) is 13.7 Å². The van der Waals surface area contributed by atoms with Crippen molar-refractivity contribution in [1.82, 2.24) is 9.55 Å². The average molecular weight is 527 g/mol. The molecule has 8 nitrogen and oxygen atoms in total. The highest BCUT2D eigenvalue weighted by molar-refractivity contribution is 5.85. The van der Waals surface area contributed by atoms with E-state index in [2.05, 4.69) is 4.98 Å². The standard InChI is InChI=1S/C28H30N2O6.ClH/c1-4-34-21-9-5-19(6-10-21)17-36-26-16-23(11-7-20(26)8-14-28(31)32)35-18-27-29-24-13-12-22(33-3)15-25(24)30(27)2;/h5-7,9-13,15-16H,4,8,14,17-18H2,1-3H3,(H,31,32);1H. The zero-order chi connectivity index (χ0) is 25.5. The summed E-state index contributed by atoms with van der Waals surface area (Å²) in [7, 11) is 3.57. The van der Waals surface area contributed by atoms with E-state index in [9.17, 15) is 4.79 Å². The molecule has 0 amide bonds. The molecule has 196 valence electrons. The molecule has 0 saturated heterocycles. The van der Waals surface area contributed by atoms with E-state index in [1.807, 2.05) is 73.1 Å². The second-order valence-electron chi connectivity index (χ2n) is 8.26. The lowest BCUT2D eigenvalue weighted by Gasteiger charge is -2.14. The van der Waals surface area contributed by atoms with E-state index in [0.29, 0.717) is 31.1 Å². The van der Waals surface area contributed by atoms with Gasteiger partial charge in [-0.15, -0.1) is 12.4 Å². The first kappa shape index (κ1) is 27.7. The second kappa shape index (κ2) is 12.9. The number of carbonyl (C=O) groups is 1. The summed E-state index contributed by atoms with van der Waals surface area (Å²) in [5.74, 6) is 2.69. The van der Waals surface area contributed by atoms with Gasteiger partial charge in [0.05, 0.1) is 24.8 Å². The molecule has 9 heteroatoms. The molecule has 0 aliphatic carbocycles. The lowest BCUT2D eigenvalue weighted by Crippen LogP contribution is -2.05. The summed E-state index contributed by atoms with van der Waals surface area (Å²) in [6.07, 6.45) is 0.379. The van der Waals surface area contributed by atoms with Crippen molar-refractivity contribution >= 4 is 29.4 Å². The Balaban J connectivity index is 0.00000380. The predicted molar refractivity (Wildman–Crippen MR) is 143 cm³/mol. The SMILES string of the molecule is CCOc1ccc(COc2cc(OCc3nc4ccc(OC)cc4n3C)ccc2CCC(=O)O)cc1.Cl. The quantitative estimate of drug-likeness (QED) is 0.258. The number of halogens is 1. The number of hydrogen-bond donors (Lipinski definition) is 1. The number of aryl methyl sites for hydroxylation is 2. The number of rotatable bonds is 12. The molecule has 0 bridgehead atoms. The molecule has 0 aliphatic rings. The smallest absolute Gasteiger partial charge is 0.303 e. The molecule has 0 radical (unpaired) electrons. The van der Waals surface area contributed by atoms with Crippen LogP contribution in [0, 0.1) is 0 Å². The molecule has 1 heterocycles. The monoisotopic (exact) mass is 526 g/mol. The van der Waals surface area contributed by atoms with E-state index in [1.54, 1.807) is 13.2 Å². The molecule has 0 fully saturated rings. The van der Waals surface area contributed by atoms with Crippen molar-refractivity contribution in [2.45, 2.75) is 33.0 Å². The van der Waals surface area contributed by atoms with Crippen LogP contribution in [0.25, 0.3) is 11.0 Å². The molecule has 0 saturated carbocycles. The third kappa shape index (κ3) is 7.07. The lowest BCUT2D eigenvalue weighted by atomic mass is 10.1. The molecule has 0 unspecified atom stereocenters. The molecular weight excluding hydrogens is 496 g/mol. The van der Waals surface area contributed by atoms with Crippen LogP contribution in [-0.4, -0.2) is 34.3 Å². The van der Waals surface area contributed by atoms with Crippen LogP contribution in [0.5, 0.6) is 23.0 Å². The highest BCUT2D eigenvalue weighted by atomic mass is 35.5. The van der Waals surface area contributed by atoms with Crippen molar-refractivity contribution in [3.05, 3.63) is 77.6 Å². The number of imidazole rings is 1. The minimum Gasteiger partial charge on any atom is -0.497 e. The van der Waals surface area contributed by atoms with Crippen LogP contribution in [0.3, 0.4) is 0 Å². The van der Waals surface area contributed by atoms with Crippen LogP contribution in [0.2, 0.25) is 0 Å². The maximum absolute atomic E-state index is 11.1. The van der Waals surface area contributed by atoms with Gasteiger partial charge in [-0.2, -0.15) is 0 Å². The lowest BCUT2D eigenvalue weighted by molar-refractivity contribution is -0.136. The second-order valence-corrected chi connectivity index (χ2v) is 8.26. The molecule has 0 spiro atoms. The highest BCUT2D eigenvalue weighted by Crippen LogP contribution is 2.28. The molecule has 0 aliphatic heterocycles. The van der Waals surface area contributed by atoms with Gasteiger partial charge >= 0.3 is 5.97 Å². The Labute approximate surface area is 222 Å². The molecule has 4 aromatic rings. The van der Waals surface area contributed by atoms with E-state index < -0.39 is 5.97 Å². The highest BCUT2D eigenvalue weighted by Gasteiger charge is 2.12. The van der Waals surface area contributed by atoms with Gasteiger partial charge in [-0.05, 0) is 54.8 Å². The Morgan fingerprint density at radius 2 is 1.65 bits per heavy atom. The van der Waals surface area contributed by atoms with E-state index in [4.69, 9.17) is 24.1 Å². The topological polar surface area (TPSA) is 92.0 Å². The number of aliphatic carboxylic acids is 1. The summed E-state index contributed by atoms with van der Waals surface area (Å²) in [4.78, 5) is 15.8. The number of ether oxygens (including phenoxy) is 4. The van der Waals surface area contributed by atoms with E-state index in [1.165, 1.54) is 0 Å². The van der Waals surface area contributed by atoms with Gasteiger partial charge in [0.15, 0.2) is 0 Å². The molecular formula is C28H31ClN2O6. The van der Waals surface area contributed by atoms with Crippen LogP contribution >= 0.6 is 12.4 Å². The van der Waals surface area contributed by atoms with Crippen molar-refractivity contribution in [1.29, 1.82) is 0 Å². The first-order valence-electron chi connectivity index (χ1n) is 11.8. The van der Waals surface area contributed by atoms with Gasteiger partial charge in [0, 0.05) is 25.6 Å². The third-order valence-electron chi connectivity index (χ3n) is 5.82. The van der Waals surface area contributed by atoms with Crippen molar-refractivity contribution in [3.63, 3.8) is 0 Å². The number of hydrogen-bond acceptors (Lipinski definition) is 6. The van der Waals surface area contributed by atoms with Crippen LogP contribution in [-0.2, 0) is 31.5 Å². The maximum atomic E-state index is 11.1. The zero-order valence-corrected chi connectivity index (χ0v) is 21.9. The Kier molecular flexibility index (Phi) is 9.63. The normalized spacial score (nSPS) is 10.6. The summed E-state index contributed by atoms with van der Waals surface area (Å²) >= 11 is 0. The van der Waals surface area contributed by atoms with Gasteiger partial charge in [0.2, 0.25) is 0 Å². The molecule has 37 heavy (non-hydrogen) atoms. The Morgan fingerprint density at radius 1 is 0.919 bits per heavy atom. The number of carboxylic acids is 1. The van der Waals surface area contributed by atoms with E-state index >= 15 is 0 Å². The number of aromatic nitrogens is 2. The van der Waals surface area contributed by atoms with Gasteiger partial charge in [0.25, 0.3) is 0 Å². The molecule has 1 aromatic heterocycles. The number of carboxylic acid groups (broad SMARTS) is 1. The average Bonchev–Trinajstić information content (AvgIpc) is 3.21. The van der Waals surface area contributed by atoms with Gasteiger partial charge in [0.1, 0.15) is 42.0 Å². The summed E-state index contributed by atoms with van der Waals surface area (Å²) in [6.45, 7) is 3.15. The number of methoxy groups -OCH3 is 1. The van der Waals surface area contributed by atoms with E-state index in [0.717, 1.165) is 39.5 Å². The van der Waals surface area contributed by atoms with Crippen molar-refractivity contribution < 1.29 is 28.8 Å². The summed E-state index contributed by atoms with van der Waals surface area (Å²) in [6, 6.07) is 18.9. The van der Waals surface area contributed by atoms with Crippen LogP contribution in [0.4, 0.5) is 0 Å². The largest absolute Gasteiger partial charge is 0.497 e. The predicted octanol–water partition coefficient (Wildman–Crippen LogP) is 5.58. The summed E-state index contributed by atoms with van der Waals surface area (Å²) in [5.41, 5.74) is 3.60. The molecule has 0 atom stereocenters. The fourth-order valence-electron chi connectivity index (χ4n) is 3.84. The fraction of sp³-hybridized carbons (Fsp3) is 0.286. The maximum Gasteiger partial charge on any atom is 0.303 e. The van der Waals surface area contributed by atoms with Gasteiger partial charge < -0.3 is 28.6 Å². The number of fused-ring (bicyclic) bond motifs is 1. The van der Waals surface area contributed by atoms with Crippen molar-refractivity contribution in [2.24, 2.45) is 7.05 Å². The first-order valence-corrected chi connectivity index (χ1v) is 11.8. The summed E-state index contributed by atoms with van der Waals surface area (Å²) < 4.78 is 24.9. The third-order valence-corrected chi connectivity index (χ3v) is 5.82. The van der Waals surface area contributed by atoms with Crippen molar-refractivity contribution in [3.8, 4) is 23.0 Å². The van der Waals surface area contributed by atoms with Crippen LogP contribution in [0.15, 0.2) is 60.7 Å². The van der Waals surface area contributed by atoms with Gasteiger partial charge in [-0.25, -0.2) is 4.98 Å². The zero-order valence-electron chi connectivity index (χ0n) is 21.1.